The summed E-state index contributed by atoms with van der Waals surface area (Å²) in [4.78, 5) is 0. The zero-order valence-corrected chi connectivity index (χ0v) is 11.6. The summed E-state index contributed by atoms with van der Waals surface area (Å²) >= 11 is 0. The fraction of sp³-hybridized carbons (Fsp3) is 1.00. The van der Waals surface area contributed by atoms with E-state index in [9.17, 15) is 0 Å². The minimum atomic E-state index is -0.143. The normalized spacial score (nSPS) is 26.5. The molecule has 3 N–H and O–H groups in total. The molecule has 0 spiro atoms. The van der Waals surface area contributed by atoms with Gasteiger partial charge < -0.3 is 15.5 Å². The third-order valence-corrected chi connectivity index (χ3v) is 4.66. The van der Waals surface area contributed by atoms with Crippen molar-refractivity contribution in [2.45, 2.75) is 65.0 Å². The SMILES string of the molecule is CCC(C)(C)C1CCC(NC(CO)CO)CC1. The van der Waals surface area contributed by atoms with Gasteiger partial charge in [0, 0.05) is 6.04 Å². The van der Waals surface area contributed by atoms with Gasteiger partial charge in [-0.15, -0.1) is 0 Å². The van der Waals surface area contributed by atoms with Crippen LogP contribution in [-0.2, 0) is 0 Å². The molecule has 3 heteroatoms. The zero-order valence-electron chi connectivity index (χ0n) is 11.6. The lowest BCUT2D eigenvalue weighted by atomic mass is 9.69. The third-order valence-electron chi connectivity index (χ3n) is 4.66. The van der Waals surface area contributed by atoms with E-state index in [4.69, 9.17) is 10.2 Å². The molecule has 0 radical (unpaired) electrons. The van der Waals surface area contributed by atoms with E-state index in [0.717, 1.165) is 5.92 Å². The van der Waals surface area contributed by atoms with E-state index in [1.165, 1.54) is 32.1 Å². The summed E-state index contributed by atoms with van der Waals surface area (Å²) in [5.41, 5.74) is 0.457. The van der Waals surface area contributed by atoms with Crippen molar-refractivity contribution < 1.29 is 10.2 Å². The second-order valence-corrected chi connectivity index (χ2v) is 6.12. The quantitative estimate of drug-likeness (QED) is 0.668. The molecule has 0 bridgehead atoms. The summed E-state index contributed by atoms with van der Waals surface area (Å²) in [6.45, 7) is 7.07. The van der Waals surface area contributed by atoms with Gasteiger partial charge in [0.25, 0.3) is 0 Å². The average Bonchev–Trinajstić information content (AvgIpc) is 2.36. The highest BCUT2D eigenvalue weighted by Crippen LogP contribution is 2.40. The predicted octanol–water partition coefficient (Wildman–Crippen LogP) is 1.92. The van der Waals surface area contributed by atoms with Crippen LogP contribution in [-0.4, -0.2) is 35.5 Å². The molecule has 1 fully saturated rings. The Morgan fingerprint density at radius 3 is 2.06 bits per heavy atom. The Morgan fingerprint density at radius 2 is 1.65 bits per heavy atom. The Morgan fingerprint density at radius 1 is 1.12 bits per heavy atom. The van der Waals surface area contributed by atoms with Crippen LogP contribution in [0.5, 0.6) is 0 Å². The lowest BCUT2D eigenvalue weighted by Crippen LogP contribution is -2.45. The lowest BCUT2D eigenvalue weighted by Gasteiger charge is -2.39. The van der Waals surface area contributed by atoms with Crippen LogP contribution in [0.2, 0.25) is 0 Å². The summed E-state index contributed by atoms with van der Waals surface area (Å²) < 4.78 is 0. The van der Waals surface area contributed by atoms with E-state index < -0.39 is 0 Å². The summed E-state index contributed by atoms with van der Waals surface area (Å²) in [5.74, 6) is 0.826. The zero-order chi connectivity index (χ0) is 12.9. The molecule has 3 nitrogen and oxygen atoms in total. The summed E-state index contributed by atoms with van der Waals surface area (Å²) in [7, 11) is 0. The molecular formula is C14H29NO2. The molecule has 1 aliphatic rings. The monoisotopic (exact) mass is 243 g/mol. The number of rotatable bonds is 6. The smallest absolute Gasteiger partial charge is 0.0607 e. The fourth-order valence-corrected chi connectivity index (χ4v) is 2.83. The van der Waals surface area contributed by atoms with E-state index in [1.807, 2.05) is 0 Å². The van der Waals surface area contributed by atoms with Gasteiger partial charge >= 0.3 is 0 Å². The highest BCUT2D eigenvalue weighted by atomic mass is 16.3. The molecule has 1 rings (SSSR count). The van der Waals surface area contributed by atoms with Crippen LogP contribution in [0.15, 0.2) is 0 Å². The number of hydrogen-bond acceptors (Lipinski definition) is 3. The van der Waals surface area contributed by atoms with E-state index in [1.54, 1.807) is 0 Å². The molecule has 0 atom stereocenters. The molecule has 0 saturated heterocycles. The van der Waals surface area contributed by atoms with Crippen LogP contribution in [0.1, 0.15) is 52.9 Å². The van der Waals surface area contributed by atoms with Crippen molar-refractivity contribution >= 4 is 0 Å². The Labute approximate surface area is 106 Å². The molecule has 0 aromatic rings. The second-order valence-electron chi connectivity index (χ2n) is 6.12. The van der Waals surface area contributed by atoms with Crippen molar-refractivity contribution in [3.05, 3.63) is 0 Å². The van der Waals surface area contributed by atoms with Gasteiger partial charge in [0.15, 0.2) is 0 Å². The minimum Gasteiger partial charge on any atom is -0.395 e. The highest BCUT2D eigenvalue weighted by molar-refractivity contribution is 4.86. The molecule has 0 aromatic carbocycles. The molecule has 102 valence electrons. The van der Waals surface area contributed by atoms with Gasteiger partial charge in [0.1, 0.15) is 0 Å². The number of hydrogen-bond donors (Lipinski definition) is 3. The van der Waals surface area contributed by atoms with Gasteiger partial charge in [-0.25, -0.2) is 0 Å². The Kier molecular flexibility index (Phi) is 5.90. The Hall–Kier alpha value is -0.120. The van der Waals surface area contributed by atoms with Crippen LogP contribution in [0.4, 0.5) is 0 Å². The maximum Gasteiger partial charge on any atom is 0.0607 e. The first-order valence-electron chi connectivity index (χ1n) is 7.01. The molecule has 0 amide bonds. The van der Waals surface area contributed by atoms with Crippen molar-refractivity contribution in [3.8, 4) is 0 Å². The topological polar surface area (TPSA) is 52.5 Å². The van der Waals surface area contributed by atoms with Gasteiger partial charge in [-0.05, 0) is 37.0 Å². The first-order chi connectivity index (χ1) is 8.03. The van der Waals surface area contributed by atoms with E-state index >= 15 is 0 Å². The van der Waals surface area contributed by atoms with Crippen LogP contribution < -0.4 is 5.32 Å². The second kappa shape index (κ2) is 6.72. The average molecular weight is 243 g/mol. The third kappa shape index (κ3) is 4.23. The standard InChI is InChI=1S/C14H29NO2/c1-4-14(2,3)11-5-7-12(8-6-11)15-13(9-16)10-17/h11-13,15-17H,4-10H2,1-3H3. The van der Waals surface area contributed by atoms with E-state index in [0.29, 0.717) is 11.5 Å². The largest absolute Gasteiger partial charge is 0.395 e. The molecule has 0 heterocycles. The van der Waals surface area contributed by atoms with Crippen molar-refractivity contribution in [1.29, 1.82) is 0 Å². The summed E-state index contributed by atoms with van der Waals surface area (Å²) in [6.07, 6.45) is 6.12. The van der Waals surface area contributed by atoms with Crippen molar-refractivity contribution in [2.24, 2.45) is 11.3 Å². The number of aliphatic hydroxyl groups is 2. The molecule has 17 heavy (non-hydrogen) atoms. The minimum absolute atomic E-state index is 0.0247. The molecular weight excluding hydrogens is 214 g/mol. The maximum atomic E-state index is 9.05. The van der Waals surface area contributed by atoms with Gasteiger partial charge in [-0.3, -0.25) is 0 Å². The lowest BCUT2D eigenvalue weighted by molar-refractivity contribution is 0.115. The Balaban J connectivity index is 2.35. The molecule has 1 saturated carbocycles. The van der Waals surface area contributed by atoms with Gasteiger partial charge in [0.2, 0.25) is 0 Å². The van der Waals surface area contributed by atoms with Gasteiger partial charge in [-0.2, -0.15) is 0 Å². The summed E-state index contributed by atoms with van der Waals surface area (Å²) in [6, 6.07) is 0.332. The van der Waals surface area contributed by atoms with E-state index in [-0.39, 0.29) is 19.3 Å². The van der Waals surface area contributed by atoms with Crippen molar-refractivity contribution in [1.82, 2.24) is 5.32 Å². The van der Waals surface area contributed by atoms with Crippen LogP contribution in [0.3, 0.4) is 0 Å². The highest BCUT2D eigenvalue weighted by Gasteiger charge is 2.32. The predicted molar refractivity (Wildman–Crippen MR) is 70.9 cm³/mol. The van der Waals surface area contributed by atoms with Gasteiger partial charge in [0.05, 0.1) is 19.3 Å². The summed E-state index contributed by atoms with van der Waals surface area (Å²) in [5, 5.41) is 21.5. The van der Waals surface area contributed by atoms with Crippen LogP contribution in [0.25, 0.3) is 0 Å². The van der Waals surface area contributed by atoms with E-state index in [2.05, 4.69) is 26.1 Å². The van der Waals surface area contributed by atoms with Crippen LogP contribution >= 0.6 is 0 Å². The number of aliphatic hydroxyl groups excluding tert-OH is 2. The number of nitrogens with one attached hydrogen (secondary N) is 1. The van der Waals surface area contributed by atoms with Crippen molar-refractivity contribution in [3.63, 3.8) is 0 Å². The molecule has 0 aliphatic heterocycles. The maximum absolute atomic E-state index is 9.05. The molecule has 0 aromatic heterocycles. The Bertz CT molecular complexity index is 206. The van der Waals surface area contributed by atoms with Gasteiger partial charge in [-0.1, -0.05) is 27.2 Å². The first kappa shape index (κ1) is 14.9. The first-order valence-corrected chi connectivity index (χ1v) is 7.01. The van der Waals surface area contributed by atoms with Crippen LogP contribution in [0, 0.1) is 11.3 Å². The molecule has 1 aliphatic carbocycles. The molecule has 0 unspecified atom stereocenters. The van der Waals surface area contributed by atoms with Crippen molar-refractivity contribution in [2.75, 3.05) is 13.2 Å². The fourth-order valence-electron chi connectivity index (χ4n) is 2.83.